The lowest BCUT2D eigenvalue weighted by Crippen LogP contribution is -2.01. The molecule has 0 bridgehead atoms. The topological polar surface area (TPSA) is 42.1 Å². The minimum absolute atomic E-state index is 0.0979. The number of H-pyrrole nitrogens is 1. The maximum Gasteiger partial charge on any atom is 0.248 e. The molecule has 18 heavy (non-hydrogen) atoms. The Morgan fingerprint density at radius 3 is 2.50 bits per heavy atom. The summed E-state index contributed by atoms with van der Waals surface area (Å²) in [5, 5.41) is 0.947. The van der Waals surface area contributed by atoms with Crippen LogP contribution in [-0.2, 0) is 0 Å². The van der Waals surface area contributed by atoms with E-state index in [9.17, 15) is 4.79 Å². The summed E-state index contributed by atoms with van der Waals surface area (Å²) in [6.07, 6.45) is 0. The predicted octanol–water partition coefficient (Wildman–Crippen LogP) is 3.32. The molecule has 0 spiro atoms. The van der Waals surface area contributed by atoms with Crippen LogP contribution in [0.4, 0.5) is 0 Å². The Hall–Kier alpha value is -2.55. The van der Waals surface area contributed by atoms with Crippen LogP contribution in [-0.4, -0.2) is 4.98 Å². The zero-order valence-electron chi connectivity index (χ0n) is 9.59. The Labute approximate surface area is 104 Å². The van der Waals surface area contributed by atoms with Crippen LogP contribution in [0.5, 0.6) is 11.5 Å². The van der Waals surface area contributed by atoms with Crippen LogP contribution in [0.2, 0.25) is 0 Å². The van der Waals surface area contributed by atoms with Crippen molar-refractivity contribution in [3.8, 4) is 11.5 Å². The smallest absolute Gasteiger partial charge is 0.248 e. The van der Waals surface area contributed by atoms with Gasteiger partial charge in [0, 0.05) is 17.0 Å². The van der Waals surface area contributed by atoms with Crippen molar-refractivity contribution >= 4 is 10.9 Å². The molecular weight excluding hydrogens is 226 g/mol. The molecule has 2 aromatic carbocycles. The molecule has 88 valence electrons. The molecule has 3 nitrogen and oxygen atoms in total. The summed E-state index contributed by atoms with van der Waals surface area (Å²) in [6.45, 7) is 0. The third kappa shape index (κ3) is 2.11. The molecule has 1 heterocycles. The summed E-state index contributed by atoms with van der Waals surface area (Å²) in [5.41, 5.74) is 0.710. The lowest BCUT2D eigenvalue weighted by atomic mass is 10.2. The van der Waals surface area contributed by atoms with E-state index in [-0.39, 0.29) is 5.56 Å². The minimum Gasteiger partial charge on any atom is -0.457 e. The molecule has 0 unspecified atom stereocenters. The fourth-order valence-corrected chi connectivity index (χ4v) is 1.82. The van der Waals surface area contributed by atoms with E-state index in [0.29, 0.717) is 0 Å². The molecule has 0 fully saturated rings. The highest BCUT2D eigenvalue weighted by Gasteiger charge is 1.99. The summed E-state index contributed by atoms with van der Waals surface area (Å²) in [4.78, 5) is 13.9. The van der Waals surface area contributed by atoms with Crippen LogP contribution < -0.4 is 10.3 Å². The SMILES string of the molecule is O=c1ccc2cc(Oc3ccccc3)ccc2[nH]1. The first-order valence-electron chi connectivity index (χ1n) is 5.67. The molecule has 0 radical (unpaired) electrons. The van der Waals surface area contributed by atoms with E-state index in [4.69, 9.17) is 4.74 Å². The van der Waals surface area contributed by atoms with E-state index in [1.165, 1.54) is 6.07 Å². The second-order valence-corrected chi connectivity index (χ2v) is 3.99. The molecule has 0 aliphatic carbocycles. The number of ether oxygens (including phenoxy) is 1. The fraction of sp³-hybridized carbons (Fsp3) is 0. The van der Waals surface area contributed by atoms with Gasteiger partial charge >= 0.3 is 0 Å². The number of hydrogen-bond acceptors (Lipinski definition) is 2. The van der Waals surface area contributed by atoms with Crippen LogP contribution in [0, 0.1) is 0 Å². The van der Waals surface area contributed by atoms with E-state index < -0.39 is 0 Å². The highest BCUT2D eigenvalue weighted by molar-refractivity contribution is 5.79. The predicted molar refractivity (Wildman–Crippen MR) is 71.1 cm³/mol. The van der Waals surface area contributed by atoms with Crippen LogP contribution in [0.1, 0.15) is 0 Å². The molecule has 3 rings (SSSR count). The van der Waals surface area contributed by atoms with Crippen molar-refractivity contribution in [2.45, 2.75) is 0 Å². The number of para-hydroxylation sites is 1. The number of aromatic amines is 1. The second kappa shape index (κ2) is 4.37. The Morgan fingerprint density at radius 1 is 0.833 bits per heavy atom. The monoisotopic (exact) mass is 237 g/mol. The van der Waals surface area contributed by atoms with Gasteiger partial charge in [-0.3, -0.25) is 4.79 Å². The Kier molecular flexibility index (Phi) is 2.57. The van der Waals surface area contributed by atoms with Crippen molar-refractivity contribution in [2.24, 2.45) is 0 Å². The van der Waals surface area contributed by atoms with Gasteiger partial charge in [-0.2, -0.15) is 0 Å². The lowest BCUT2D eigenvalue weighted by molar-refractivity contribution is 0.483. The van der Waals surface area contributed by atoms with Gasteiger partial charge < -0.3 is 9.72 Å². The molecule has 3 heteroatoms. The molecular formula is C15H11NO2. The van der Waals surface area contributed by atoms with Gasteiger partial charge in [-0.1, -0.05) is 18.2 Å². The summed E-state index contributed by atoms with van der Waals surface area (Å²) in [5.74, 6) is 1.54. The standard InChI is InChI=1S/C15H11NO2/c17-15-9-6-11-10-13(7-8-14(11)16-15)18-12-4-2-1-3-5-12/h1-10H,(H,16,17). The van der Waals surface area contributed by atoms with Gasteiger partial charge in [-0.15, -0.1) is 0 Å². The van der Waals surface area contributed by atoms with Crippen molar-refractivity contribution in [1.29, 1.82) is 0 Å². The van der Waals surface area contributed by atoms with Crippen molar-refractivity contribution in [2.75, 3.05) is 0 Å². The zero-order chi connectivity index (χ0) is 12.4. The van der Waals surface area contributed by atoms with Crippen LogP contribution in [0.15, 0.2) is 65.5 Å². The first kappa shape index (κ1) is 10.6. The first-order valence-corrected chi connectivity index (χ1v) is 5.67. The number of nitrogens with one attached hydrogen (secondary N) is 1. The normalized spacial score (nSPS) is 10.4. The van der Waals surface area contributed by atoms with Gasteiger partial charge in [0.05, 0.1) is 0 Å². The number of hydrogen-bond donors (Lipinski definition) is 1. The molecule has 0 aliphatic rings. The van der Waals surface area contributed by atoms with Crippen LogP contribution >= 0.6 is 0 Å². The van der Waals surface area contributed by atoms with Gasteiger partial charge in [0.15, 0.2) is 0 Å². The average Bonchev–Trinajstić information content (AvgIpc) is 2.40. The fourth-order valence-electron chi connectivity index (χ4n) is 1.82. The van der Waals surface area contributed by atoms with E-state index in [2.05, 4.69) is 4.98 Å². The van der Waals surface area contributed by atoms with Crippen molar-refractivity contribution in [1.82, 2.24) is 4.98 Å². The third-order valence-corrected chi connectivity index (χ3v) is 2.67. The quantitative estimate of drug-likeness (QED) is 0.742. The maximum absolute atomic E-state index is 11.2. The Balaban J connectivity index is 1.99. The highest BCUT2D eigenvalue weighted by atomic mass is 16.5. The van der Waals surface area contributed by atoms with Gasteiger partial charge in [-0.25, -0.2) is 0 Å². The largest absolute Gasteiger partial charge is 0.457 e. The maximum atomic E-state index is 11.2. The summed E-state index contributed by atoms with van der Waals surface area (Å²) >= 11 is 0. The van der Waals surface area contributed by atoms with E-state index in [1.54, 1.807) is 6.07 Å². The number of benzene rings is 2. The summed E-state index contributed by atoms with van der Waals surface area (Å²) in [7, 11) is 0. The van der Waals surface area contributed by atoms with Crippen LogP contribution in [0.25, 0.3) is 10.9 Å². The van der Waals surface area contributed by atoms with Gasteiger partial charge in [-0.05, 0) is 36.4 Å². The number of aromatic nitrogens is 1. The lowest BCUT2D eigenvalue weighted by Gasteiger charge is -2.06. The molecule has 3 aromatic rings. The van der Waals surface area contributed by atoms with Crippen molar-refractivity contribution in [3.63, 3.8) is 0 Å². The summed E-state index contributed by atoms with van der Waals surface area (Å²) in [6, 6.07) is 18.5. The number of pyridine rings is 1. The van der Waals surface area contributed by atoms with Gasteiger partial charge in [0.1, 0.15) is 11.5 Å². The highest BCUT2D eigenvalue weighted by Crippen LogP contribution is 2.23. The Bertz CT molecular complexity index is 732. The van der Waals surface area contributed by atoms with E-state index >= 15 is 0 Å². The Morgan fingerprint density at radius 2 is 1.67 bits per heavy atom. The first-order chi connectivity index (χ1) is 8.81. The van der Waals surface area contributed by atoms with E-state index in [1.807, 2.05) is 48.5 Å². The molecule has 0 saturated carbocycles. The average molecular weight is 237 g/mol. The summed E-state index contributed by atoms with van der Waals surface area (Å²) < 4.78 is 5.72. The molecule has 0 saturated heterocycles. The second-order valence-electron chi connectivity index (χ2n) is 3.99. The van der Waals surface area contributed by atoms with E-state index in [0.717, 1.165) is 22.4 Å². The molecule has 0 atom stereocenters. The number of fused-ring (bicyclic) bond motifs is 1. The van der Waals surface area contributed by atoms with Gasteiger partial charge in [0.25, 0.3) is 0 Å². The van der Waals surface area contributed by atoms with Gasteiger partial charge in [0.2, 0.25) is 5.56 Å². The van der Waals surface area contributed by atoms with Crippen molar-refractivity contribution < 1.29 is 4.74 Å². The molecule has 1 N–H and O–H groups in total. The molecule has 0 aliphatic heterocycles. The molecule has 0 amide bonds. The number of rotatable bonds is 2. The zero-order valence-corrected chi connectivity index (χ0v) is 9.59. The van der Waals surface area contributed by atoms with Crippen LogP contribution in [0.3, 0.4) is 0 Å². The molecule has 1 aromatic heterocycles. The van der Waals surface area contributed by atoms with Crippen molar-refractivity contribution in [3.05, 3.63) is 71.0 Å². The third-order valence-electron chi connectivity index (χ3n) is 2.67. The minimum atomic E-state index is -0.0979.